The van der Waals surface area contributed by atoms with E-state index in [0.29, 0.717) is 12.0 Å². The second kappa shape index (κ2) is 4.24. The molecule has 1 aliphatic heterocycles. The molecule has 18 heavy (non-hydrogen) atoms. The zero-order valence-corrected chi connectivity index (χ0v) is 11.4. The molecule has 0 saturated carbocycles. The van der Waals surface area contributed by atoms with Crippen LogP contribution in [0.25, 0.3) is 16.8 Å². The molecule has 0 amide bonds. The number of aromatic nitrogens is 1. The van der Waals surface area contributed by atoms with Crippen molar-refractivity contribution in [2.45, 2.75) is 33.2 Å². The number of hydrogen-bond donors (Lipinski definition) is 0. The molecule has 1 aromatic carbocycles. The van der Waals surface area contributed by atoms with E-state index in [2.05, 4.69) is 67.9 Å². The van der Waals surface area contributed by atoms with Gasteiger partial charge in [-0.05, 0) is 31.2 Å². The lowest BCUT2D eigenvalue weighted by atomic mass is 9.96. The van der Waals surface area contributed by atoms with Gasteiger partial charge in [-0.1, -0.05) is 30.7 Å². The van der Waals surface area contributed by atoms with Crippen molar-refractivity contribution in [3.63, 3.8) is 0 Å². The summed E-state index contributed by atoms with van der Waals surface area (Å²) in [6.07, 6.45) is 5.83. The highest BCUT2D eigenvalue weighted by Gasteiger charge is 2.25. The molecule has 2 atom stereocenters. The molecule has 0 bridgehead atoms. The van der Waals surface area contributed by atoms with Crippen LogP contribution < -0.4 is 4.57 Å². The zero-order valence-electron chi connectivity index (χ0n) is 11.4. The maximum atomic E-state index is 2.43. The maximum absolute atomic E-state index is 2.43. The normalized spacial score (nSPS) is 23.4. The van der Waals surface area contributed by atoms with Gasteiger partial charge < -0.3 is 0 Å². The third-order valence-corrected chi connectivity index (χ3v) is 4.24. The summed E-state index contributed by atoms with van der Waals surface area (Å²) < 4.78 is 2.43. The van der Waals surface area contributed by atoms with Crippen molar-refractivity contribution >= 4 is 16.8 Å². The molecule has 0 spiro atoms. The first-order chi connectivity index (χ1) is 8.66. The first kappa shape index (κ1) is 11.5. The predicted octanol–water partition coefficient (Wildman–Crippen LogP) is 4.13. The molecule has 0 radical (unpaired) electrons. The van der Waals surface area contributed by atoms with Crippen LogP contribution in [0.15, 0.2) is 42.1 Å². The van der Waals surface area contributed by atoms with Gasteiger partial charge in [-0.3, -0.25) is 0 Å². The van der Waals surface area contributed by atoms with E-state index in [1.807, 2.05) is 0 Å². The Bertz CT molecular complexity index is 625. The largest absolute Gasteiger partial charge is 0.213 e. The number of benzene rings is 1. The Kier molecular flexibility index (Phi) is 2.70. The standard InChI is InChI=1S/C17H20N/c1-12-10-14(3)18-9-8-15-6-4-5-7-16(15)17(18)11-13(12)2/h4-9,11-12,14H,10H2,1-3H3/q+1. The first-order valence-electron chi connectivity index (χ1n) is 6.78. The molecule has 0 N–H and O–H groups in total. The summed E-state index contributed by atoms with van der Waals surface area (Å²) in [5.41, 5.74) is 2.85. The van der Waals surface area contributed by atoms with Gasteiger partial charge >= 0.3 is 0 Å². The van der Waals surface area contributed by atoms with Crippen molar-refractivity contribution in [1.29, 1.82) is 0 Å². The molecule has 2 unspecified atom stereocenters. The van der Waals surface area contributed by atoms with Gasteiger partial charge in [-0.25, -0.2) is 0 Å². The Morgan fingerprint density at radius 1 is 1.11 bits per heavy atom. The van der Waals surface area contributed by atoms with Crippen LogP contribution >= 0.6 is 0 Å². The number of hydrogen-bond acceptors (Lipinski definition) is 0. The highest BCUT2D eigenvalue weighted by atomic mass is 15.0. The molecule has 1 aromatic heterocycles. The molecular formula is C17H20N+. The summed E-state index contributed by atoms with van der Waals surface area (Å²) in [6, 6.07) is 11.5. The number of fused-ring (bicyclic) bond motifs is 3. The number of pyridine rings is 1. The highest BCUT2D eigenvalue weighted by molar-refractivity contribution is 5.87. The Labute approximate surface area is 109 Å². The lowest BCUT2D eigenvalue weighted by Gasteiger charge is -2.11. The van der Waals surface area contributed by atoms with Crippen molar-refractivity contribution in [1.82, 2.24) is 0 Å². The first-order valence-corrected chi connectivity index (χ1v) is 6.78. The number of nitrogens with zero attached hydrogens (tertiary/aromatic N) is 1. The van der Waals surface area contributed by atoms with Crippen molar-refractivity contribution < 1.29 is 4.57 Å². The molecule has 0 saturated heterocycles. The minimum absolute atomic E-state index is 0.563. The molecule has 0 aliphatic carbocycles. The topological polar surface area (TPSA) is 3.88 Å². The lowest BCUT2D eigenvalue weighted by molar-refractivity contribution is -0.720. The monoisotopic (exact) mass is 238 g/mol. The van der Waals surface area contributed by atoms with E-state index >= 15 is 0 Å². The van der Waals surface area contributed by atoms with Crippen molar-refractivity contribution in [2.75, 3.05) is 0 Å². The molecule has 0 fully saturated rings. The summed E-state index contributed by atoms with van der Waals surface area (Å²) in [7, 11) is 0. The number of rotatable bonds is 0. The van der Waals surface area contributed by atoms with Gasteiger partial charge in [-0.15, -0.1) is 0 Å². The SMILES string of the molecule is CC1=Cc2c3ccccc3cc[n+]2C(C)CC1C. The van der Waals surface area contributed by atoms with Crippen LogP contribution in [0.2, 0.25) is 0 Å². The van der Waals surface area contributed by atoms with Gasteiger partial charge in [0.25, 0.3) is 0 Å². The molecule has 1 nitrogen and oxygen atoms in total. The van der Waals surface area contributed by atoms with Crippen LogP contribution in [0.5, 0.6) is 0 Å². The van der Waals surface area contributed by atoms with E-state index in [4.69, 9.17) is 0 Å². The number of allylic oxidation sites excluding steroid dienone is 1. The third kappa shape index (κ3) is 1.74. The van der Waals surface area contributed by atoms with E-state index in [1.54, 1.807) is 0 Å². The quantitative estimate of drug-likeness (QED) is 0.608. The van der Waals surface area contributed by atoms with Crippen molar-refractivity contribution in [3.05, 3.63) is 47.8 Å². The maximum Gasteiger partial charge on any atom is 0.213 e. The molecular weight excluding hydrogens is 218 g/mol. The molecule has 2 heterocycles. The van der Waals surface area contributed by atoms with Gasteiger partial charge in [0.15, 0.2) is 12.2 Å². The molecule has 2 aromatic rings. The van der Waals surface area contributed by atoms with Crippen LogP contribution in [0.4, 0.5) is 0 Å². The van der Waals surface area contributed by atoms with Crippen LogP contribution in [0.1, 0.15) is 38.9 Å². The van der Waals surface area contributed by atoms with E-state index < -0.39 is 0 Å². The summed E-state index contributed by atoms with van der Waals surface area (Å²) >= 11 is 0. The Morgan fingerprint density at radius 3 is 2.72 bits per heavy atom. The third-order valence-electron chi connectivity index (χ3n) is 4.24. The zero-order chi connectivity index (χ0) is 12.7. The summed E-state index contributed by atoms with van der Waals surface area (Å²) in [5.74, 6) is 0.665. The van der Waals surface area contributed by atoms with Crippen LogP contribution in [-0.4, -0.2) is 0 Å². The predicted molar refractivity (Wildman–Crippen MR) is 76.3 cm³/mol. The van der Waals surface area contributed by atoms with Crippen molar-refractivity contribution in [3.8, 4) is 0 Å². The molecule has 3 rings (SSSR count). The average Bonchev–Trinajstić information content (AvgIpc) is 2.48. The second-order valence-electron chi connectivity index (χ2n) is 5.57. The van der Waals surface area contributed by atoms with Gasteiger partial charge in [0.05, 0.1) is 5.39 Å². The van der Waals surface area contributed by atoms with Gasteiger partial charge in [0, 0.05) is 18.6 Å². The average molecular weight is 238 g/mol. The van der Waals surface area contributed by atoms with Gasteiger partial charge in [-0.2, -0.15) is 4.57 Å². The minimum Gasteiger partial charge on any atom is -0.196 e. The van der Waals surface area contributed by atoms with E-state index in [9.17, 15) is 0 Å². The van der Waals surface area contributed by atoms with Crippen LogP contribution in [0, 0.1) is 5.92 Å². The lowest BCUT2D eigenvalue weighted by Crippen LogP contribution is -2.40. The van der Waals surface area contributed by atoms with E-state index in [-0.39, 0.29) is 0 Å². The summed E-state index contributed by atoms with van der Waals surface area (Å²) in [4.78, 5) is 0. The van der Waals surface area contributed by atoms with Gasteiger partial charge in [0.1, 0.15) is 0 Å². The van der Waals surface area contributed by atoms with Crippen LogP contribution in [-0.2, 0) is 0 Å². The smallest absolute Gasteiger partial charge is 0.196 e. The van der Waals surface area contributed by atoms with Gasteiger partial charge in [0.2, 0.25) is 5.69 Å². The minimum atomic E-state index is 0.563. The second-order valence-corrected chi connectivity index (χ2v) is 5.57. The fraction of sp³-hybridized carbons (Fsp3) is 0.353. The van der Waals surface area contributed by atoms with Crippen LogP contribution in [0.3, 0.4) is 0 Å². The van der Waals surface area contributed by atoms with Crippen molar-refractivity contribution in [2.24, 2.45) is 5.92 Å². The molecule has 1 aliphatic rings. The Hall–Kier alpha value is -1.63. The highest BCUT2D eigenvalue weighted by Crippen LogP contribution is 2.28. The van der Waals surface area contributed by atoms with E-state index in [0.717, 1.165) is 0 Å². The molecule has 92 valence electrons. The summed E-state index contributed by atoms with van der Waals surface area (Å²) in [6.45, 7) is 6.91. The summed E-state index contributed by atoms with van der Waals surface area (Å²) in [5, 5.41) is 2.69. The fourth-order valence-corrected chi connectivity index (χ4v) is 2.96. The molecule has 1 heteroatoms. The fourth-order valence-electron chi connectivity index (χ4n) is 2.96. The van der Waals surface area contributed by atoms with E-state index in [1.165, 1.54) is 28.5 Å². The Balaban J connectivity index is 2.34. The Morgan fingerprint density at radius 2 is 1.89 bits per heavy atom.